The van der Waals surface area contributed by atoms with Gasteiger partial charge >= 0.3 is 0 Å². The van der Waals surface area contributed by atoms with Crippen LogP contribution in [0.1, 0.15) is 20.3 Å². The van der Waals surface area contributed by atoms with Crippen LogP contribution in [0.5, 0.6) is 5.88 Å². The average Bonchev–Trinajstić information content (AvgIpc) is 2.57. The van der Waals surface area contributed by atoms with Crippen molar-refractivity contribution in [1.29, 1.82) is 0 Å². The zero-order valence-electron chi connectivity index (χ0n) is 10.6. The first kappa shape index (κ1) is 12.3. The van der Waals surface area contributed by atoms with Crippen molar-refractivity contribution in [3.63, 3.8) is 0 Å². The molecule has 0 radical (unpaired) electrons. The third-order valence-electron chi connectivity index (χ3n) is 2.64. The van der Waals surface area contributed by atoms with E-state index in [2.05, 4.69) is 29.3 Å². The van der Waals surface area contributed by atoms with Gasteiger partial charge < -0.3 is 10.1 Å². The molecule has 2 heterocycles. The summed E-state index contributed by atoms with van der Waals surface area (Å²) in [5, 5.41) is 8.48. The van der Waals surface area contributed by atoms with Crippen LogP contribution < -0.4 is 10.1 Å². The molecular formula is C11H18N4OS. The SMILES string of the molecule is COc1cc(NC2=NC(C)(C)CCS2)nn1C. The number of nitrogens with zero attached hydrogens (tertiary/aromatic N) is 3. The standard InChI is InChI=1S/C11H18N4OS/c1-11(2)5-6-17-10(13-11)12-8-7-9(16-4)15(3)14-8/h7H,5-6H2,1-4H3,(H,12,13,14). The molecule has 1 N–H and O–H groups in total. The number of methoxy groups -OCH3 is 1. The number of hydrogen-bond acceptors (Lipinski definition) is 5. The van der Waals surface area contributed by atoms with E-state index in [-0.39, 0.29) is 5.54 Å². The highest BCUT2D eigenvalue weighted by atomic mass is 32.2. The maximum absolute atomic E-state index is 5.17. The third kappa shape index (κ3) is 2.94. The summed E-state index contributed by atoms with van der Waals surface area (Å²) in [4.78, 5) is 4.65. The lowest BCUT2D eigenvalue weighted by Crippen LogP contribution is -2.27. The molecular weight excluding hydrogens is 236 g/mol. The van der Waals surface area contributed by atoms with Crippen molar-refractivity contribution >= 4 is 22.7 Å². The first-order valence-corrected chi connectivity index (χ1v) is 6.56. The van der Waals surface area contributed by atoms with E-state index in [0.717, 1.165) is 29.0 Å². The van der Waals surface area contributed by atoms with E-state index >= 15 is 0 Å². The fourth-order valence-corrected chi connectivity index (χ4v) is 2.92. The molecule has 5 nitrogen and oxygen atoms in total. The zero-order chi connectivity index (χ0) is 12.5. The van der Waals surface area contributed by atoms with E-state index in [1.807, 2.05) is 13.1 Å². The van der Waals surface area contributed by atoms with Crippen LogP contribution in [0.25, 0.3) is 0 Å². The van der Waals surface area contributed by atoms with Crippen LogP contribution in [0.2, 0.25) is 0 Å². The molecule has 0 aliphatic carbocycles. The summed E-state index contributed by atoms with van der Waals surface area (Å²) >= 11 is 1.73. The number of aryl methyl sites for hydroxylation is 1. The van der Waals surface area contributed by atoms with Crippen LogP contribution in [0, 0.1) is 0 Å². The summed E-state index contributed by atoms with van der Waals surface area (Å²) in [5.74, 6) is 2.59. The average molecular weight is 254 g/mol. The van der Waals surface area contributed by atoms with Gasteiger partial charge in [-0.2, -0.15) is 5.10 Å². The van der Waals surface area contributed by atoms with Gasteiger partial charge in [0.1, 0.15) is 0 Å². The number of aliphatic imine (C=N–C) groups is 1. The quantitative estimate of drug-likeness (QED) is 0.878. The Morgan fingerprint density at radius 1 is 1.53 bits per heavy atom. The molecule has 1 aliphatic heterocycles. The summed E-state index contributed by atoms with van der Waals surface area (Å²) in [6, 6.07) is 1.87. The van der Waals surface area contributed by atoms with Gasteiger partial charge in [-0.25, -0.2) is 4.68 Å². The van der Waals surface area contributed by atoms with Gasteiger partial charge in [-0.05, 0) is 20.3 Å². The fraction of sp³-hybridized carbons (Fsp3) is 0.636. The van der Waals surface area contributed by atoms with Gasteiger partial charge in [-0.15, -0.1) is 0 Å². The van der Waals surface area contributed by atoms with Crippen LogP contribution in [0.15, 0.2) is 11.1 Å². The Morgan fingerprint density at radius 3 is 2.88 bits per heavy atom. The highest BCUT2D eigenvalue weighted by Gasteiger charge is 2.23. The monoisotopic (exact) mass is 254 g/mol. The van der Waals surface area contributed by atoms with E-state index in [1.54, 1.807) is 23.6 Å². The summed E-state index contributed by atoms with van der Waals surface area (Å²) < 4.78 is 6.87. The summed E-state index contributed by atoms with van der Waals surface area (Å²) in [7, 11) is 3.49. The zero-order valence-corrected chi connectivity index (χ0v) is 11.5. The van der Waals surface area contributed by atoms with Crippen molar-refractivity contribution in [2.75, 3.05) is 18.2 Å². The number of hydrogen-bond donors (Lipinski definition) is 1. The van der Waals surface area contributed by atoms with E-state index < -0.39 is 0 Å². The molecule has 1 aromatic rings. The van der Waals surface area contributed by atoms with Crippen LogP contribution >= 0.6 is 11.8 Å². The Balaban J connectivity index is 2.12. The second-order valence-electron chi connectivity index (χ2n) is 4.65. The summed E-state index contributed by atoms with van der Waals surface area (Å²) in [5.41, 5.74) is 0.0203. The minimum atomic E-state index is 0.0203. The first-order valence-electron chi connectivity index (χ1n) is 5.58. The fourth-order valence-electron chi connectivity index (χ4n) is 1.64. The van der Waals surface area contributed by atoms with Crippen LogP contribution in [-0.4, -0.2) is 33.3 Å². The van der Waals surface area contributed by atoms with Gasteiger partial charge in [0.15, 0.2) is 11.0 Å². The maximum atomic E-state index is 5.17. The first-order chi connectivity index (χ1) is 8.00. The van der Waals surface area contributed by atoms with Gasteiger partial charge in [0.2, 0.25) is 5.88 Å². The molecule has 6 heteroatoms. The maximum Gasteiger partial charge on any atom is 0.213 e. The van der Waals surface area contributed by atoms with Gasteiger partial charge in [-0.3, -0.25) is 4.99 Å². The third-order valence-corrected chi connectivity index (χ3v) is 3.51. The lowest BCUT2D eigenvalue weighted by Gasteiger charge is -2.25. The van der Waals surface area contributed by atoms with E-state index in [4.69, 9.17) is 4.74 Å². The molecule has 0 aromatic carbocycles. The smallest absolute Gasteiger partial charge is 0.213 e. The van der Waals surface area contributed by atoms with E-state index in [9.17, 15) is 0 Å². The lowest BCUT2D eigenvalue weighted by atomic mass is 10.0. The molecule has 0 amide bonds. The molecule has 1 aliphatic rings. The number of rotatable bonds is 2. The molecule has 94 valence electrons. The molecule has 0 fully saturated rings. The normalized spacial score (nSPS) is 18.7. The topological polar surface area (TPSA) is 51.4 Å². The molecule has 0 saturated heterocycles. The van der Waals surface area contributed by atoms with Crippen molar-refractivity contribution in [1.82, 2.24) is 9.78 Å². The number of amidine groups is 1. The van der Waals surface area contributed by atoms with Crippen LogP contribution in [0.4, 0.5) is 5.82 Å². The molecule has 2 rings (SSSR count). The summed E-state index contributed by atoms with van der Waals surface area (Å²) in [6.45, 7) is 4.29. The van der Waals surface area contributed by atoms with Crippen LogP contribution in [-0.2, 0) is 7.05 Å². The minimum absolute atomic E-state index is 0.0203. The van der Waals surface area contributed by atoms with Crippen LogP contribution in [0.3, 0.4) is 0 Å². The Labute approximate surface area is 106 Å². The Kier molecular flexibility index (Phi) is 3.33. The molecule has 17 heavy (non-hydrogen) atoms. The highest BCUT2D eigenvalue weighted by Crippen LogP contribution is 2.27. The van der Waals surface area contributed by atoms with Crippen molar-refractivity contribution < 1.29 is 4.74 Å². The largest absolute Gasteiger partial charge is 0.481 e. The second kappa shape index (κ2) is 4.60. The minimum Gasteiger partial charge on any atom is -0.481 e. The molecule has 0 bridgehead atoms. The number of ether oxygens (including phenoxy) is 1. The Bertz CT molecular complexity index is 439. The number of anilines is 1. The Hall–Kier alpha value is -1.17. The lowest BCUT2D eigenvalue weighted by molar-refractivity contribution is 0.373. The predicted molar refractivity (Wildman–Crippen MR) is 72.0 cm³/mol. The molecule has 0 saturated carbocycles. The second-order valence-corrected chi connectivity index (χ2v) is 5.73. The molecule has 0 atom stereocenters. The van der Waals surface area contributed by atoms with Gasteiger partial charge in [-0.1, -0.05) is 11.8 Å². The number of nitrogens with one attached hydrogen (secondary N) is 1. The number of thioether (sulfide) groups is 1. The summed E-state index contributed by atoms with van der Waals surface area (Å²) in [6.07, 6.45) is 1.11. The van der Waals surface area contributed by atoms with Crippen molar-refractivity contribution in [3.05, 3.63) is 6.07 Å². The van der Waals surface area contributed by atoms with E-state index in [1.165, 1.54) is 0 Å². The van der Waals surface area contributed by atoms with E-state index in [0.29, 0.717) is 0 Å². The van der Waals surface area contributed by atoms with Crippen molar-refractivity contribution in [2.24, 2.45) is 12.0 Å². The van der Waals surface area contributed by atoms with Crippen molar-refractivity contribution in [3.8, 4) is 5.88 Å². The highest BCUT2D eigenvalue weighted by molar-refractivity contribution is 8.14. The van der Waals surface area contributed by atoms with Gasteiger partial charge in [0, 0.05) is 18.9 Å². The van der Waals surface area contributed by atoms with Gasteiger partial charge in [0.25, 0.3) is 0 Å². The molecule has 0 unspecified atom stereocenters. The predicted octanol–water partition coefficient (Wildman–Crippen LogP) is 2.11. The van der Waals surface area contributed by atoms with Crippen molar-refractivity contribution in [2.45, 2.75) is 25.8 Å². The van der Waals surface area contributed by atoms with Gasteiger partial charge in [0.05, 0.1) is 12.6 Å². The Morgan fingerprint density at radius 2 is 2.29 bits per heavy atom. The molecule has 0 spiro atoms. The molecule has 1 aromatic heterocycles. The number of aromatic nitrogens is 2.